The molecule has 0 aliphatic heterocycles. The Morgan fingerprint density at radius 2 is 1.96 bits per heavy atom. The van der Waals surface area contributed by atoms with Crippen molar-refractivity contribution in [1.29, 1.82) is 0 Å². The zero-order valence-corrected chi connectivity index (χ0v) is 14.4. The Morgan fingerprint density at radius 3 is 2.65 bits per heavy atom. The van der Waals surface area contributed by atoms with Crippen LogP contribution in [0.1, 0.15) is 24.1 Å². The highest BCUT2D eigenvalue weighted by molar-refractivity contribution is 6.30. The van der Waals surface area contributed by atoms with Crippen molar-refractivity contribution in [3.05, 3.63) is 58.6 Å². The van der Waals surface area contributed by atoms with Gasteiger partial charge in [-0.2, -0.15) is 0 Å². The Bertz CT molecular complexity index is 633. The van der Waals surface area contributed by atoms with Gasteiger partial charge in [-0.25, -0.2) is 0 Å². The van der Waals surface area contributed by atoms with Crippen LogP contribution in [0.3, 0.4) is 0 Å². The van der Waals surface area contributed by atoms with Gasteiger partial charge in [-0.1, -0.05) is 23.7 Å². The lowest BCUT2D eigenvalue weighted by Crippen LogP contribution is -2.18. The summed E-state index contributed by atoms with van der Waals surface area (Å²) < 4.78 is 15.9. The lowest BCUT2D eigenvalue weighted by Gasteiger charge is -2.17. The van der Waals surface area contributed by atoms with Crippen molar-refractivity contribution >= 4 is 11.6 Å². The Kier molecular flexibility index (Phi) is 6.71. The fourth-order valence-corrected chi connectivity index (χ4v) is 2.44. The van der Waals surface area contributed by atoms with Crippen LogP contribution in [0.4, 0.5) is 0 Å². The van der Waals surface area contributed by atoms with Gasteiger partial charge in [0.05, 0.1) is 7.11 Å². The minimum atomic E-state index is 0.162. The third-order valence-corrected chi connectivity index (χ3v) is 3.78. The molecule has 124 valence electrons. The standard InChI is InChI=1S/C18H22ClNO3/c1-13(14-5-4-6-16(19)9-14)20-11-15-10-17(22-3)7-8-18(15)23-12-21-2/h4-10,13,20H,11-12H2,1-3H3. The number of hydrogen-bond donors (Lipinski definition) is 1. The molecular weight excluding hydrogens is 314 g/mol. The number of methoxy groups -OCH3 is 2. The van der Waals surface area contributed by atoms with E-state index in [1.54, 1.807) is 14.2 Å². The molecule has 4 nitrogen and oxygen atoms in total. The predicted molar refractivity (Wildman–Crippen MR) is 92.2 cm³/mol. The molecule has 5 heteroatoms. The summed E-state index contributed by atoms with van der Waals surface area (Å²) >= 11 is 6.05. The van der Waals surface area contributed by atoms with E-state index < -0.39 is 0 Å². The highest BCUT2D eigenvalue weighted by atomic mass is 35.5. The van der Waals surface area contributed by atoms with Gasteiger partial charge in [0.2, 0.25) is 0 Å². The number of hydrogen-bond acceptors (Lipinski definition) is 4. The van der Waals surface area contributed by atoms with Crippen molar-refractivity contribution in [2.45, 2.75) is 19.5 Å². The second kappa shape index (κ2) is 8.77. The van der Waals surface area contributed by atoms with Crippen LogP contribution in [0, 0.1) is 0 Å². The molecule has 0 heterocycles. The molecule has 0 saturated heterocycles. The maximum Gasteiger partial charge on any atom is 0.188 e. The molecule has 0 amide bonds. The monoisotopic (exact) mass is 335 g/mol. The summed E-state index contributed by atoms with van der Waals surface area (Å²) in [5, 5.41) is 4.21. The molecule has 2 aromatic rings. The topological polar surface area (TPSA) is 39.7 Å². The number of rotatable bonds is 8. The number of halogens is 1. The summed E-state index contributed by atoms with van der Waals surface area (Å²) in [6.07, 6.45) is 0. The third-order valence-electron chi connectivity index (χ3n) is 3.55. The van der Waals surface area contributed by atoms with Crippen molar-refractivity contribution in [3.8, 4) is 11.5 Å². The Balaban J connectivity index is 2.08. The first kappa shape index (κ1) is 17.6. The van der Waals surface area contributed by atoms with Crippen LogP contribution in [0.5, 0.6) is 11.5 Å². The fraction of sp³-hybridized carbons (Fsp3) is 0.333. The first-order chi connectivity index (χ1) is 11.1. The average Bonchev–Trinajstić information content (AvgIpc) is 2.58. The molecule has 0 fully saturated rings. The molecule has 1 N–H and O–H groups in total. The second-order valence-electron chi connectivity index (χ2n) is 5.18. The second-order valence-corrected chi connectivity index (χ2v) is 5.62. The maximum atomic E-state index is 6.05. The molecule has 0 radical (unpaired) electrons. The van der Waals surface area contributed by atoms with Gasteiger partial charge < -0.3 is 19.5 Å². The lowest BCUT2D eigenvalue weighted by molar-refractivity contribution is 0.0503. The molecule has 0 aliphatic carbocycles. The van der Waals surface area contributed by atoms with E-state index >= 15 is 0 Å². The molecule has 0 aliphatic rings. The van der Waals surface area contributed by atoms with E-state index in [9.17, 15) is 0 Å². The number of nitrogens with one attached hydrogen (secondary N) is 1. The average molecular weight is 336 g/mol. The molecule has 2 aromatic carbocycles. The number of ether oxygens (including phenoxy) is 3. The molecular formula is C18H22ClNO3. The van der Waals surface area contributed by atoms with Crippen LogP contribution in [-0.2, 0) is 11.3 Å². The van der Waals surface area contributed by atoms with E-state index in [4.69, 9.17) is 25.8 Å². The van der Waals surface area contributed by atoms with E-state index in [1.807, 2.05) is 36.4 Å². The fourth-order valence-electron chi connectivity index (χ4n) is 2.24. The van der Waals surface area contributed by atoms with E-state index in [0.29, 0.717) is 6.54 Å². The quantitative estimate of drug-likeness (QED) is 0.734. The highest BCUT2D eigenvalue weighted by Gasteiger charge is 2.10. The van der Waals surface area contributed by atoms with Crippen LogP contribution < -0.4 is 14.8 Å². The summed E-state index contributed by atoms with van der Waals surface area (Å²) in [4.78, 5) is 0. The Morgan fingerprint density at radius 1 is 1.13 bits per heavy atom. The molecule has 0 spiro atoms. The van der Waals surface area contributed by atoms with Gasteiger partial charge in [-0.15, -0.1) is 0 Å². The van der Waals surface area contributed by atoms with Gasteiger partial charge in [0, 0.05) is 30.3 Å². The molecule has 1 unspecified atom stereocenters. The van der Waals surface area contributed by atoms with Gasteiger partial charge in [0.1, 0.15) is 11.5 Å². The van der Waals surface area contributed by atoms with Crippen LogP contribution in [0.2, 0.25) is 5.02 Å². The van der Waals surface area contributed by atoms with Crippen molar-refractivity contribution in [1.82, 2.24) is 5.32 Å². The summed E-state index contributed by atoms with van der Waals surface area (Å²) in [7, 11) is 3.25. The third kappa shape index (κ3) is 5.13. The first-order valence-electron chi connectivity index (χ1n) is 7.41. The number of benzene rings is 2. The van der Waals surface area contributed by atoms with Crippen LogP contribution >= 0.6 is 11.6 Å². The van der Waals surface area contributed by atoms with Crippen LogP contribution in [0.15, 0.2) is 42.5 Å². The van der Waals surface area contributed by atoms with E-state index in [1.165, 1.54) is 0 Å². The van der Waals surface area contributed by atoms with Crippen molar-refractivity contribution in [2.24, 2.45) is 0 Å². The Hall–Kier alpha value is -1.75. The minimum Gasteiger partial charge on any atom is -0.497 e. The van der Waals surface area contributed by atoms with E-state index in [-0.39, 0.29) is 12.8 Å². The summed E-state index contributed by atoms with van der Waals surface area (Å²) in [6, 6.07) is 13.7. The van der Waals surface area contributed by atoms with E-state index in [2.05, 4.69) is 18.3 Å². The van der Waals surface area contributed by atoms with Gasteiger partial charge in [0.25, 0.3) is 0 Å². The summed E-state index contributed by atoms with van der Waals surface area (Å²) in [5.41, 5.74) is 2.15. The van der Waals surface area contributed by atoms with Crippen molar-refractivity contribution in [2.75, 3.05) is 21.0 Å². The van der Waals surface area contributed by atoms with Gasteiger partial charge in [-0.05, 0) is 42.8 Å². The molecule has 1 atom stereocenters. The van der Waals surface area contributed by atoms with Crippen LogP contribution in [0.25, 0.3) is 0 Å². The van der Waals surface area contributed by atoms with Crippen LogP contribution in [-0.4, -0.2) is 21.0 Å². The van der Waals surface area contributed by atoms with Crippen molar-refractivity contribution in [3.63, 3.8) is 0 Å². The minimum absolute atomic E-state index is 0.162. The van der Waals surface area contributed by atoms with Gasteiger partial charge in [0.15, 0.2) is 6.79 Å². The van der Waals surface area contributed by atoms with Crippen molar-refractivity contribution < 1.29 is 14.2 Å². The molecule has 2 rings (SSSR count). The molecule has 0 bridgehead atoms. The summed E-state index contributed by atoms with van der Waals surface area (Å²) in [6.45, 7) is 2.95. The van der Waals surface area contributed by atoms with E-state index in [0.717, 1.165) is 27.6 Å². The lowest BCUT2D eigenvalue weighted by atomic mass is 10.1. The normalized spacial score (nSPS) is 12.0. The zero-order chi connectivity index (χ0) is 16.7. The molecule has 23 heavy (non-hydrogen) atoms. The van der Waals surface area contributed by atoms with Gasteiger partial charge in [-0.3, -0.25) is 0 Å². The SMILES string of the molecule is COCOc1ccc(OC)cc1CNC(C)c1cccc(Cl)c1. The maximum absolute atomic E-state index is 6.05. The molecule has 0 aromatic heterocycles. The highest BCUT2D eigenvalue weighted by Crippen LogP contribution is 2.25. The van der Waals surface area contributed by atoms with Gasteiger partial charge >= 0.3 is 0 Å². The first-order valence-corrected chi connectivity index (χ1v) is 7.79. The largest absolute Gasteiger partial charge is 0.497 e. The zero-order valence-electron chi connectivity index (χ0n) is 13.6. The summed E-state index contributed by atoms with van der Waals surface area (Å²) in [5.74, 6) is 1.57. The predicted octanol–water partition coefficient (Wildman–Crippen LogP) is 4.18. The smallest absolute Gasteiger partial charge is 0.188 e. The molecule has 0 saturated carbocycles. The Labute approximate surface area is 142 Å².